The highest BCUT2D eigenvalue weighted by atomic mass is 16.6. The van der Waals surface area contributed by atoms with E-state index in [0.29, 0.717) is 5.56 Å². The van der Waals surface area contributed by atoms with Gasteiger partial charge in [0.1, 0.15) is 0 Å². The number of nitrogens with zero attached hydrogens (tertiary/aromatic N) is 1. The van der Waals surface area contributed by atoms with Crippen LogP contribution in [0.3, 0.4) is 0 Å². The lowest BCUT2D eigenvalue weighted by molar-refractivity contribution is -0.385. The molecule has 0 amide bonds. The van der Waals surface area contributed by atoms with Crippen molar-refractivity contribution in [3.8, 4) is 0 Å². The molecule has 0 aliphatic rings. The molecule has 1 aromatic carbocycles. The zero-order valence-corrected chi connectivity index (χ0v) is 9.12. The maximum Gasteiger partial charge on any atom is 0.277 e. The van der Waals surface area contributed by atoms with E-state index in [1.54, 1.807) is 30.3 Å². The average molecular weight is 244 g/mol. The number of hydrogen-bond acceptors (Lipinski definition) is 4. The number of rotatable bonds is 3. The molecule has 6 heteroatoms. The van der Waals surface area contributed by atoms with Crippen LogP contribution in [-0.2, 0) is 0 Å². The fourth-order valence-electron chi connectivity index (χ4n) is 1.50. The van der Waals surface area contributed by atoms with Gasteiger partial charge < -0.3 is 4.98 Å². The van der Waals surface area contributed by atoms with E-state index in [1.807, 2.05) is 0 Å². The van der Waals surface area contributed by atoms with Gasteiger partial charge in [-0.2, -0.15) is 0 Å². The second-order valence-electron chi connectivity index (χ2n) is 3.57. The summed E-state index contributed by atoms with van der Waals surface area (Å²) in [7, 11) is 0. The van der Waals surface area contributed by atoms with Crippen LogP contribution in [0.5, 0.6) is 0 Å². The Labute approximate surface area is 101 Å². The molecular weight excluding hydrogens is 236 g/mol. The molecule has 0 atom stereocenters. The minimum atomic E-state index is -0.711. The third-order valence-corrected chi connectivity index (χ3v) is 2.32. The van der Waals surface area contributed by atoms with Crippen LogP contribution in [0.4, 0.5) is 5.69 Å². The molecule has 0 spiro atoms. The number of aromatic nitrogens is 1. The van der Waals surface area contributed by atoms with Crippen LogP contribution in [0.1, 0.15) is 16.1 Å². The maximum atomic E-state index is 12.0. The van der Waals surface area contributed by atoms with Crippen molar-refractivity contribution in [3.63, 3.8) is 0 Å². The van der Waals surface area contributed by atoms with E-state index < -0.39 is 22.0 Å². The first-order valence-corrected chi connectivity index (χ1v) is 5.06. The normalized spacial score (nSPS) is 10.0. The van der Waals surface area contributed by atoms with Gasteiger partial charge in [0.2, 0.25) is 5.78 Å². The van der Waals surface area contributed by atoms with Gasteiger partial charge in [-0.05, 0) is 0 Å². The first-order valence-electron chi connectivity index (χ1n) is 5.06. The van der Waals surface area contributed by atoms with Crippen LogP contribution in [0.2, 0.25) is 0 Å². The molecule has 2 aromatic rings. The molecule has 0 aliphatic heterocycles. The minimum Gasteiger partial charge on any atom is -0.319 e. The molecule has 90 valence electrons. The van der Waals surface area contributed by atoms with Crippen molar-refractivity contribution in [2.24, 2.45) is 0 Å². The van der Waals surface area contributed by atoms with E-state index in [4.69, 9.17) is 0 Å². The highest BCUT2D eigenvalue weighted by Gasteiger charge is 2.15. The molecule has 0 bridgehead atoms. The summed E-state index contributed by atoms with van der Waals surface area (Å²) in [5, 5.41) is 10.6. The van der Waals surface area contributed by atoms with E-state index in [0.717, 1.165) is 12.1 Å². The number of benzene rings is 1. The Hall–Kier alpha value is -2.76. The Balaban J connectivity index is 2.49. The number of pyridine rings is 1. The molecule has 0 unspecified atom stereocenters. The van der Waals surface area contributed by atoms with Crippen LogP contribution in [0.15, 0.2) is 47.3 Å². The zero-order chi connectivity index (χ0) is 13.1. The monoisotopic (exact) mass is 244 g/mol. The van der Waals surface area contributed by atoms with Gasteiger partial charge in [0.05, 0.1) is 16.7 Å². The molecule has 1 aromatic heterocycles. The van der Waals surface area contributed by atoms with Crippen molar-refractivity contribution in [3.05, 3.63) is 74.2 Å². The van der Waals surface area contributed by atoms with Gasteiger partial charge in [-0.25, -0.2) is 0 Å². The van der Waals surface area contributed by atoms with E-state index in [1.165, 1.54) is 0 Å². The summed E-state index contributed by atoms with van der Waals surface area (Å²) >= 11 is 0. The largest absolute Gasteiger partial charge is 0.319 e. The average Bonchev–Trinajstić information content (AvgIpc) is 2.38. The molecule has 6 nitrogen and oxygen atoms in total. The summed E-state index contributed by atoms with van der Waals surface area (Å²) in [5.41, 5.74) is -0.824. The molecule has 1 heterocycles. The lowest BCUT2D eigenvalue weighted by Gasteiger charge is -2.00. The number of aromatic amines is 1. The molecular formula is C12H8N2O4. The fourth-order valence-corrected chi connectivity index (χ4v) is 1.50. The highest BCUT2D eigenvalue weighted by molar-refractivity contribution is 6.07. The third kappa shape index (κ3) is 2.32. The number of ketones is 1. The maximum absolute atomic E-state index is 12.0. The van der Waals surface area contributed by atoms with Gasteiger partial charge in [-0.3, -0.25) is 19.7 Å². The second-order valence-corrected chi connectivity index (χ2v) is 3.57. The zero-order valence-electron chi connectivity index (χ0n) is 9.12. The summed E-state index contributed by atoms with van der Waals surface area (Å²) < 4.78 is 0. The lowest BCUT2D eigenvalue weighted by atomic mass is 10.1. The second kappa shape index (κ2) is 4.62. The SMILES string of the molecule is O=C(c1ccccc1)c1cc([N+](=O)[O-])cc(=O)[nH]1. The molecule has 1 N–H and O–H groups in total. The van der Waals surface area contributed by atoms with Gasteiger partial charge in [0, 0.05) is 11.6 Å². The predicted octanol–water partition coefficient (Wildman–Crippen LogP) is 1.51. The van der Waals surface area contributed by atoms with E-state index in [2.05, 4.69) is 4.98 Å². The molecule has 0 saturated heterocycles. The van der Waals surface area contributed by atoms with Crippen molar-refractivity contribution in [1.82, 2.24) is 4.98 Å². The van der Waals surface area contributed by atoms with Crippen LogP contribution < -0.4 is 5.56 Å². The van der Waals surface area contributed by atoms with Gasteiger partial charge in [0.15, 0.2) is 0 Å². The Morgan fingerprint density at radius 1 is 1.17 bits per heavy atom. The summed E-state index contributed by atoms with van der Waals surface area (Å²) in [6, 6.07) is 10.1. The molecule has 0 fully saturated rings. The third-order valence-electron chi connectivity index (χ3n) is 2.32. The Morgan fingerprint density at radius 3 is 2.44 bits per heavy atom. The van der Waals surface area contributed by atoms with Crippen molar-refractivity contribution >= 4 is 11.5 Å². The summed E-state index contributed by atoms with van der Waals surface area (Å²) in [5.74, 6) is -0.462. The number of nitro groups is 1. The Morgan fingerprint density at radius 2 is 1.83 bits per heavy atom. The van der Waals surface area contributed by atoms with Gasteiger partial charge in [-0.1, -0.05) is 30.3 Å². The summed E-state index contributed by atoms with van der Waals surface area (Å²) in [6.07, 6.45) is 0. The Kier molecular flexibility index (Phi) is 3.01. The summed E-state index contributed by atoms with van der Waals surface area (Å²) in [6.45, 7) is 0. The van der Waals surface area contributed by atoms with Gasteiger partial charge in [0.25, 0.3) is 11.2 Å². The quantitative estimate of drug-likeness (QED) is 0.503. The Bertz CT molecular complexity index is 661. The van der Waals surface area contributed by atoms with Crippen LogP contribution in [0, 0.1) is 10.1 Å². The standard InChI is InChI=1S/C12H8N2O4/c15-11-7-9(14(17)18)6-10(13-11)12(16)8-4-2-1-3-5-8/h1-7H,(H,13,15). The number of H-pyrrole nitrogens is 1. The van der Waals surface area contributed by atoms with Crippen molar-refractivity contribution in [2.75, 3.05) is 0 Å². The van der Waals surface area contributed by atoms with Crippen LogP contribution >= 0.6 is 0 Å². The van der Waals surface area contributed by atoms with Crippen LogP contribution in [-0.4, -0.2) is 15.7 Å². The molecule has 0 radical (unpaired) electrons. The molecule has 2 rings (SSSR count). The smallest absolute Gasteiger partial charge is 0.277 e. The van der Waals surface area contributed by atoms with Crippen LogP contribution in [0.25, 0.3) is 0 Å². The first-order chi connectivity index (χ1) is 8.58. The highest BCUT2D eigenvalue weighted by Crippen LogP contribution is 2.12. The van der Waals surface area contributed by atoms with E-state index >= 15 is 0 Å². The minimum absolute atomic E-state index is 0.0969. The molecule has 0 saturated carbocycles. The topological polar surface area (TPSA) is 93.1 Å². The van der Waals surface area contributed by atoms with Crippen molar-refractivity contribution < 1.29 is 9.72 Å². The number of carbonyl (C=O) groups is 1. The number of carbonyl (C=O) groups excluding carboxylic acids is 1. The molecule has 18 heavy (non-hydrogen) atoms. The predicted molar refractivity (Wildman–Crippen MR) is 63.6 cm³/mol. The number of nitrogens with one attached hydrogen (secondary N) is 1. The summed E-state index contributed by atoms with van der Waals surface area (Å²) in [4.78, 5) is 35.4. The van der Waals surface area contributed by atoms with Crippen molar-refractivity contribution in [1.29, 1.82) is 0 Å². The van der Waals surface area contributed by atoms with E-state index in [-0.39, 0.29) is 5.69 Å². The first kappa shape index (κ1) is 11.7. The molecule has 0 aliphatic carbocycles. The lowest BCUT2D eigenvalue weighted by Crippen LogP contribution is -2.13. The van der Waals surface area contributed by atoms with Gasteiger partial charge >= 0.3 is 0 Å². The van der Waals surface area contributed by atoms with E-state index in [9.17, 15) is 19.7 Å². The van der Waals surface area contributed by atoms with Gasteiger partial charge in [-0.15, -0.1) is 0 Å². The number of hydrogen-bond donors (Lipinski definition) is 1. The fraction of sp³-hybridized carbons (Fsp3) is 0. The van der Waals surface area contributed by atoms with Crippen molar-refractivity contribution in [2.45, 2.75) is 0 Å².